The highest BCUT2D eigenvalue weighted by Gasteiger charge is 2.26. The fourth-order valence-electron chi connectivity index (χ4n) is 0.993. The molecule has 1 heterocycles. The van der Waals surface area contributed by atoms with Gasteiger partial charge in [0.1, 0.15) is 10.4 Å². The van der Waals surface area contributed by atoms with Gasteiger partial charge >= 0.3 is 0 Å². The third-order valence-electron chi connectivity index (χ3n) is 1.76. The van der Waals surface area contributed by atoms with E-state index in [0.717, 1.165) is 5.01 Å². The van der Waals surface area contributed by atoms with E-state index in [4.69, 9.17) is 11.6 Å². The van der Waals surface area contributed by atoms with Gasteiger partial charge in [0.15, 0.2) is 0 Å². The Morgan fingerprint density at radius 3 is 2.79 bits per heavy atom. The predicted molar refractivity (Wildman–Crippen MR) is 58.6 cm³/mol. The van der Waals surface area contributed by atoms with Crippen LogP contribution >= 0.6 is 22.9 Å². The summed E-state index contributed by atoms with van der Waals surface area (Å²) in [5, 5.41) is 5.08. The quantitative estimate of drug-likeness (QED) is 0.812. The molecule has 1 atom stereocenters. The van der Waals surface area contributed by atoms with E-state index >= 15 is 0 Å². The minimum Gasteiger partial charge on any atom is -0.343 e. The summed E-state index contributed by atoms with van der Waals surface area (Å²) in [4.78, 5) is 15.5. The van der Waals surface area contributed by atoms with Gasteiger partial charge in [-0.3, -0.25) is 4.79 Å². The number of hydrogen-bond acceptors (Lipinski definition) is 3. The first kappa shape index (κ1) is 11.5. The summed E-state index contributed by atoms with van der Waals surface area (Å²) < 4.78 is 0. The van der Waals surface area contributed by atoms with Crippen LogP contribution in [-0.4, -0.2) is 16.3 Å². The molecule has 0 saturated heterocycles. The Morgan fingerprint density at radius 2 is 2.36 bits per heavy atom. The smallest absolute Gasteiger partial charge is 0.238 e. The van der Waals surface area contributed by atoms with E-state index in [1.54, 1.807) is 13.1 Å². The Balaban J connectivity index is 2.72. The lowest BCUT2D eigenvalue weighted by Gasteiger charge is -2.24. The van der Waals surface area contributed by atoms with E-state index in [0.29, 0.717) is 0 Å². The molecule has 0 aliphatic heterocycles. The van der Waals surface area contributed by atoms with Crippen molar-refractivity contribution in [1.82, 2.24) is 10.3 Å². The van der Waals surface area contributed by atoms with Gasteiger partial charge in [0.2, 0.25) is 5.91 Å². The lowest BCUT2D eigenvalue weighted by atomic mass is 10.1. The van der Waals surface area contributed by atoms with Gasteiger partial charge in [-0.2, -0.15) is 0 Å². The number of aromatic nitrogens is 1. The van der Waals surface area contributed by atoms with Crippen LogP contribution in [0.1, 0.15) is 25.8 Å². The van der Waals surface area contributed by atoms with Gasteiger partial charge in [0, 0.05) is 11.6 Å². The molecule has 5 heteroatoms. The van der Waals surface area contributed by atoms with Gasteiger partial charge in [-0.05, 0) is 20.8 Å². The van der Waals surface area contributed by atoms with Gasteiger partial charge in [0.05, 0.1) is 5.54 Å². The summed E-state index contributed by atoms with van der Waals surface area (Å²) >= 11 is 7.18. The highest BCUT2D eigenvalue weighted by molar-refractivity contribution is 7.09. The molecule has 1 amide bonds. The number of carbonyl (C=O) groups excluding carboxylic acids is 1. The molecule has 0 aromatic carbocycles. The van der Waals surface area contributed by atoms with E-state index < -0.39 is 10.9 Å². The first-order chi connectivity index (χ1) is 6.43. The summed E-state index contributed by atoms with van der Waals surface area (Å²) in [7, 11) is 0. The Hall–Kier alpha value is -0.610. The summed E-state index contributed by atoms with van der Waals surface area (Å²) in [6, 6.07) is 0. The molecule has 1 aromatic rings. The summed E-state index contributed by atoms with van der Waals surface area (Å²) in [6.07, 6.45) is 1.72. The SMILES string of the molecule is CC(Cl)C(=O)NC(C)(C)c1nccs1. The minimum absolute atomic E-state index is 0.174. The maximum absolute atomic E-state index is 11.4. The topological polar surface area (TPSA) is 42.0 Å². The number of rotatable bonds is 3. The molecular weight excluding hydrogens is 220 g/mol. The summed E-state index contributed by atoms with van der Waals surface area (Å²) in [5.41, 5.74) is -0.450. The van der Waals surface area contributed by atoms with E-state index in [2.05, 4.69) is 10.3 Å². The Bertz CT molecular complexity index is 309. The predicted octanol–water partition coefficient (Wildman–Crippen LogP) is 2.12. The summed E-state index contributed by atoms with van der Waals surface area (Å²) in [6.45, 7) is 5.46. The van der Waals surface area contributed by atoms with Crippen LogP contribution in [0.4, 0.5) is 0 Å². The second kappa shape index (κ2) is 4.28. The van der Waals surface area contributed by atoms with E-state index in [-0.39, 0.29) is 5.91 Å². The first-order valence-electron chi connectivity index (χ1n) is 4.29. The second-order valence-corrected chi connectivity index (χ2v) is 5.12. The molecule has 0 bridgehead atoms. The van der Waals surface area contributed by atoms with Gasteiger partial charge in [-0.15, -0.1) is 22.9 Å². The van der Waals surface area contributed by atoms with Gasteiger partial charge in [-0.1, -0.05) is 0 Å². The second-order valence-electron chi connectivity index (χ2n) is 3.57. The average molecular weight is 233 g/mol. The molecule has 0 saturated carbocycles. The normalized spacial score (nSPS) is 13.7. The maximum Gasteiger partial charge on any atom is 0.238 e. The van der Waals surface area contributed by atoms with Gasteiger partial charge < -0.3 is 5.32 Å². The molecule has 1 aromatic heterocycles. The number of hydrogen-bond donors (Lipinski definition) is 1. The lowest BCUT2D eigenvalue weighted by molar-refractivity contribution is -0.122. The van der Waals surface area contributed by atoms with Crippen LogP contribution in [0.25, 0.3) is 0 Å². The van der Waals surface area contributed by atoms with Crippen molar-refractivity contribution >= 4 is 28.8 Å². The van der Waals surface area contributed by atoms with Crippen molar-refractivity contribution in [2.45, 2.75) is 31.7 Å². The molecule has 0 spiro atoms. The molecule has 78 valence electrons. The third-order valence-corrected chi connectivity index (χ3v) is 3.06. The number of nitrogens with one attached hydrogen (secondary N) is 1. The zero-order valence-corrected chi connectivity index (χ0v) is 9.95. The number of carbonyl (C=O) groups is 1. The molecule has 1 N–H and O–H groups in total. The standard InChI is InChI=1S/C9H13ClN2OS/c1-6(10)7(13)12-9(2,3)8-11-4-5-14-8/h4-6H,1-3H3,(H,12,13). The molecule has 14 heavy (non-hydrogen) atoms. The van der Waals surface area contributed by atoms with Crippen LogP contribution < -0.4 is 5.32 Å². The Morgan fingerprint density at radius 1 is 1.71 bits per heavy atom. The van der Waals surface area contributed by atoms with Crippen LogP contribution in [0.15, 0.2) is 11.6 Å². The number of amides is 1. The molecule has 1 unspecified atom stereocenters. The fraction of sp³-hybridized carbons (Fsp3) is 0.556. The van der Waals surface area contributed by atoms with E-state index in [9.17, 15) is 4.79 Å². The van der Waals surface area contributed by atoms with Crippen molar-refractivity contribution in [1.29, 1.82) is 0 Å². The monoisotopic (exact) mass is 232 g/mol. The van der Waals surface area contributed by atoms with Crippen molar-refractivity contribution in [3.05, 3.63) is 16.6 Å². The van der Waals surface area contributed by atoms with Crippen molar-refractivity contribution in [2.75, 3.05) is 0 Å². The molecule has 0 aliphatic carbocycles. The largest absolute Gasteiger partial charge is 0.343 e. The third kappa shape index (κ3) is 2.69. The van der Waals surface area contributed by atoms with Gasteiger partial charge in [0.25, 0.3) is 0 Å². The van der Waals surface area contributed by atoms with Crippen LogP contribution in [0.3, 0.4) is 0 Å². The Kier molecular flexibility index (Phi) is 3.50. The average Bonchev–Trinajstić information content (AvgIpc) is 2.54. The molecule has 0 radical (unpaired) electrons. The van der Waals surface area contributed by atoms with Crippen molar-refractivity contribution in [3.8, 4) is 0 Å². The lowest BCUT2D eigenvalue weighted by Crippen LogP contribution is -2.43. The highest BCUT2D eigenvalue weighted by Crippen LogP contribution is 2.22. The zero-order valence-electron chi connectivity index (χ0n) is 8.37. The number of halogens is 1. The minimum atomic E-state index is -0.519. The van der Waals surface area contributed by atoms with Crippen LogP contribution in [-0.2, 0) is 10.3 Å². The number of alkyl halides is 1. The fourth-order valence-corrected chi connectivity index (χ4v) is 1.77. The number of nitrogens with zero attached hydrogens (tertiary/aromatic N) is 1. The van der Waals surface area contributed by atoms with Crippen molar-refractivity contribution < 1.29 is 4.79 Å². The van der Waals surface area contributed by atoms with Gasteiger partial charge in [-0.25, -0.2) is 4.98 Å². The van der Waals surface area contributed by atoms with E-state index in [1.165, 1.54) is 11.3 Å². The van der Waals surface area contributed by atoms with Crippen molar-refractivity contribution in [3.63, 3.8) is 0 Å². The zero-order chi connectivity index (χ0) is 10.8. The Labute approximate surface area is 92.5 Å². The molecule has 0 fully saturated rings. The molecule has 0 aliphatic rings. The van der Waals surface area contributed by atoms with Crippen LogP contribution in [0.2, 0.25) is 0 Å². The van der Waals surface area contributed by atoms with Crippen molar-refractivity contribution in [2.24, 2.45) is 0 Å². The van der Waals surface area contributed by atoms with E-state index in [1.807, 2.05) is 19.2 Å². The summed E-state index contributed by atoms with van der Waals surface area (Å²) in [5.74, 6) is -0.174. The molecule has 1 rings (SSSR count). The first-order valence-corrected chi connectivity index (χ1v) is 5.61. The van der Waals surface area contributed by atoms with Crippen LogP contribution in [0, 0.1) is 0 Å². The highest BCUT2D eigenvalue weighted by atomic mass is 35.5. The molecular formula is C9H13ClN2OS. The number of thiazole rings is 1. The van der Waals surface area contributed by atoms with Crippen LogP contribution in [0.5, 0.6) is 0 Å². The molecule has 3 nitrogen and oxygen atoms in total. The maximum atomic E-state index is 11.4.